The van der Waals surface area contributed by atoms with E-state index >= 15 is 0 Å². The van der Waals surface area contributed by atoms with E-state index in [1.165, 1.54) is 0 Å². The number of aliphatic hydroxyl groups is 1. The van der Waals surface area contributed by atoms with Gasteiger partial charge in [-0.15, -0.1) is 0 Å². The van der Waals surface area contributed by atoms with Crippen LogP contribution in [-0.4, -0.2) is 37.5 Å². The zero-order valence-corrected chi connectivity index (χ0v) is 9.65. The van der Waals surface area contributed by atoms with Gasteiger partial charge in [0.15, 0.2) is 0 Å². The molecule has 1 fully saturated rings. The van der Waals surface area contributed by atoms with Gasteiger partial charge in [0.25, 0.3) is 0 Å². The fraction of sp³-hybridized carbons (Fsp3) is 0.455. The van der Waals surface area contributed by atoms with Gasteiger partial charge in [0.1, 0.15) is 0 Å². The SMILES string of the molecule is Nc1ccc(Cl)cc1N1CCOCC1CO. The number of aliphatic hydroxyl groups excluding tert-OH is 1. The van der Waals surface area contributed by atoms with Crippen molar-refractivity contribution in [3.05, 3.63) is 23.2 Å². The van der Waals surface area contributed by atoms with Crippen molar-refractivity contribution >= 4 is 23.0 Å². The summed E-state index contributed by atoms with van der Waals surface area (Å²) in [6, 6.07) is 5.32. The van der Waals surface area contributed by atoms with E-state index in [0.717, 1.165) is 12.2 Å². The molecule has 0 bridgehead atoms. The summed E-state index contributed by atoms with van der Waals surface area (Å²) >= 11 is 5.95. The highest BCUT2D eigenvalue weighted by Crippen LogP contribution is 2.29. The van der Waals surface area contributed by atoms with Crippen LogP contribution in [0.1, 0.15) is 0 Å². The first-order valence-corrected chi connectivity index (χ1v) is 5.60. The maximum absolute atomic E-state index is 9.29. The van der Waals surface area contributed by atoms with E-state index in [2.05, 4.69) is 0 Å². The number of halogens is 1. The van der Waals surface area contributed by atoms with Crippen LogP contribution in [0.4, 0.5) is 11.4 Å². The Balaban J connectivity index is 2.30. The Morgan fingerprint density at radius 3 is 3.12 bits per heavy atom. The molecule has 1 aliphatic heterocycles. The van der Waals surface area contributed by atoms with Crippen LogP contribution in [0, 0.1) is 0 Å². The van der Waals surface area contributed by atoms with Crippen LogP contribution in [0.5, 0.6) is 0 Å². The molecular weight excluding hydrogens is 228 g/mol. The fourth-order valence-electron chi connectivity index (χ4n) is 1.89. The lowest BCUT2D eigenvalue weighted by Gasteiger charge is -2.37. The molecule has 16 heavy (non-hydrogen) atoms. The highest BCUT2D eigenvalue weighted by atomic mass is 35.5. The average Bonchev–Trinajstić information content (AvgIpc) is 2.32. The van der Waals surface area contributed by atoms with Gasteiger partial charge in [-0.25, -0.2) is 0 Å². The predicted molar refractivity (Wildman–Crippen MR) is 64.9 cm³/mol. The van der Waals surface area contributed by atoms with Crippen molar-refractivity contribution in [2.75, 3.05) is 37.0 Å². The Hall–Kier alpha value is -0.970. The molecule has 5 heteroatoms. The van der Waals surface area contributed by atoms with Gasteiger partial charge in [0, 0.05) is 11.6 Å². The number of benzene rings is 1. The summed E-state index contributed by atoms with van der Waals surface area (Å²) in [6.07, 6.45) is 0. The normalized spacial score (nSPS) is 21.1. The van der Waals surface area contributed by atoms with Crippen molar-refractivity contribution in [2.24, 2.45) is 0 Å². The number of hydrogen-bond acceptors (Lipinski definition) is 4. The molecule has 88 valence electrons. The summed E-state index contributed by atoms with van der Waals surface area (Å²) in [7, 11) is 0. The van der Waals surface area contributed by atoms with Crippen LogP contribution in [0.25, 0.3) is 0 Å². The Kier molecular flexibility index (Phi) is 3.53. The highest BCUT2D eigenvalue weighted by Gasteiger charge is 2.24. The lowest BCUT2D eigenvalue weighted by atomic mass is 10.1. The summed E-state index contributed by atoms with van der Waals surface area (Å²) in [5.74, 6) is 0. The lowest BCUT2D eigenvalue weighted by molar-refractivity contribution is 0.0728. The number of nitrogens with zero attached hydrogens (tertiary/aromatic N) is 1. The van der Waals surface area contributed by atoms with Gasteiger partial charge in [-0.05, 0) is 18.2 Å². The van der Waals surface area contributed by atoms with E-state index in [-0.39, 0.29) is 12.6 Å². The first-order valence-electron chi connectivity index (χ1n) is 5.22. The molecule has 0 aliphatic carbocycles. The lowest BCUT2D eigenvalue weighted by Crippen LogP contribution is -2.47. The molecule has 1 saturated heterocycles. The van der Waals surface area contributed by atoms with Crippen LogP contribution < -0.4 is 10.6 Å². The zero-order chi connectivity index (χ0) is 11.5. The maximum Gasteiger partial charge on any atom is 0.0756 e. The third-order valence-electron chi connectivity index (χ3n) is 2.74. The first kappa shape index (κ1) is 11.5. The van der Waals surface area contributed by atoms with Crippen LogP contribution >= 0.6 is 11.6 Å². The first-order chi connectivity index (χ1) is 7.72. The van der Waals surface area contributed by atoms with E-state index in [4.69, 9.17) is 22.1 Å². The molecule has 1 unspecified atom stereocenters. The van der Waals surface area contributed by atoms with Crippen LogP contribution in [0.15, 0.2) is 18.2 Å². The van der Waals surface area contributed by atoms with E-state index in [1.807, 2.05) is 11.0 Å². The van der Waals surface area contributed by atoms with Gasteiger partial charge in [-0.1, -0.05) is 11.6 Å². The van der Waals surface area contributed by atoms with Gasteiger partial charge >= 0.3 is 0 Å². The summed E-state index contributed by atoms with van der Waals surface area (Å²) < 4.78 is 5.32. The minimum Gasteiger partial charge on any atom is -0.397 e. The minimum atomic E-state index is -0.0467. The molecule has 0 radical (unpaired) electrons. The Morgan fingerprint density at radius 2 is 2.38 bits per heavy atom. The molecule has 1 atom stereocenters. The molecule has 1 aliphatic rings. The number of hydrogen-bond donors (Lipinski definition) is 2. The van der Waals surface area contributed by atoms with E-state index in [0.29, 0.717) is 23.9 Å². The Labute approximate surface area is 99.6 Å². The molecule has 0 amide bonds. The average molecular weight is 243 g/mol. The molecule has 0 aromatic heterocycles. The number of morpholine rings is 1. The summed E-state index contributed by atoms with van der Waals surface area (Å²) in [4.78, 5) is 2.05. The third kappa shape index (κ3) is 2.24. The smallest absolute Gasteiger partial charge is 0.0756 e. The van der Waals surface area contributed by atoms with Crippen molar-refractivity contribution < 1.29 is 9.84 Å². The standard InChI is InChI=1S/C11H15ClN2O2/c12-8-1-2-10(13)11(5-8)14-3-4-16-7-9(14)6-15/h1-2,5,9,15H,3-4,6-7,13H2. The van der Waals surface area contributed by atoms with Crippen molar-refractivity contribution in [1.29, 1.82) is 0 Å². The molecule has 1 aromatic rings. The summed E-state index contributed by atoms with van der Waals surface area (Å²) in [6.45, 7) is 1.92. The Morgan fingerprint density at radius 1 is 1.56 bits per heavy atom. The predicted octanol–water partition coefficient (Wildman–Crippen LogP) is 1.12. The maximum atomic E-state index is 9.29. The quantitative estimate of drug-likeness (QED) is 0.763. The number of anilines is 2. The molecule has 4 nitrogen and oxygen atoms in total. The topological polar surface area (TPSA) is 58.7 Å². The van der Waals surface area contributed by atoms with Crippen LogP contribution in [-0.2, 0) is 4.74 Å². The van der Waals surface area contributed by atoms with Gasteiger partial charge < -0.3 is 20.5 Å². The van der Waals surface area contributed by atoms with Gasteiger partial charge in [0.05, 0.1) is 37.2 Å². The van der Waals surface area contributed by atoms with Crippen molar-refractivity contribution in [3.8, 4) is 0 Å². The van der Waals surface area contributed by atoms with Crippen LogP contribution in [0.3, 0.4) is 0 Å². The van der Waals surface area contributed by atoms with E-state index in [1.54, 1.807) is 12.1 Å². The number of ether oxygens (including phenoxy) is 1. The van der Waals surface area contributed by atoms with E-state index < -0.39 is 0 Å². The number of nitrogen functional groups attached to an aromatic ring is 1. The molecular formula is C11H15ClN2O2. The second-order valence-corrected chi connectivity index (χ2v) is 4.24. The number of nitrogens with two attached hydrogens (primary N) is 1. The van der Waals surface area contributed by atoms with Crippen molar-refractivity contribution in [3.63, 3.8) is 0 Å². The number of rotatable bonds is 2. The van der Waals surface area contributed by atoms with Gasteiger partial charge in [0.2, 0.25) is 0 Å². The van der Waals surface area contributed by atoms with Crippen LogP contribution in [0.2, 0.25) is 5.02 Å². The van der Waals surface area contributed by atoms with Gasteiger partial charge in [-0.3, -0.25) is 0 Å². The monoisotopic (exact) mass is 242 g/mol. The summed E-state index contributed by atoms with van der Waals surface area (Å²) in [5, 5.41) is 9.93. The highest BCUT2D eigenvalue weighted by molar-refractivity contribution is 6.31. The Bertz CT molecular complexity index is 373. The van der Waals surface area contributed by atoms with E-state index in [9.17, 15) is 5.11 Å². The van der Waals surface area contributed by atoms with Crippen molar-refractivity contribution in [1.82, 2.24) is 0 Å². The largest absolute Gasteiger partial charge is 0.397 e. The molecule has 0 saturated carbocycles. The second kappa shape index (κ2) is 4.91. The molecule has 0 spiro atoms. The molecule has 1 aromatic carbocycles. The van der Waals surface area contributed by atoms with Crippen molar-refractivity contribution in [2.45, 2.75) is 6.04 Å². The second-order valence-electron chi connectivity index (χ2n) is 3.81. The third-order valence-corrected chi connectivity index (χ3v) is 2.98. The van der Waals surface area contributed by atoms with Gasteiger partial charge in [-0.2, -0.15) is 0 Å². The summed E-state index contributed by atoms with van der Waals surface area (Å²) in [5.41, 5.74) is 7.46. The zero-order valence-electron chi connectivity index (χ0n) is 8.90. The molecule has 1 heterocycles. The minimum absolute atomic E-state index is 0.0467. The fourth-order valence-corrected chi connectivity index (χ4v) is 2.06. The molecule has 2 rings (SSSR count). The molecule has 3 N–H and O–H groups in total.